The van der Waals surface area contributed by atoms with Gasteiger partial charge in [-0.2, -0.15) is 0 Å². The lowest BCUT2D eigenvalue weighted by molar-refractivity contribution is 0.622. The second-order valence-electron chi connectivity index (χ2n) is 3.34. The summed E-state index contributed by atoms with van der Waals surface area (Å²) >= 11 is 1.41. The van der Waals surface area contributed by atoms with Crippen molar-refractivity contribution in [1.29, 1.82) is 0 Å². The number of hydrogen-bond acceptors (Lipinski definition) is 5. The van der Waals surface area contributed by atoms with E-state index in [0.717, 1.165) is 16.4 Å². The highest BCUT2D eigenvalue weighted by atomic mass is 32.1. The van der Waals surface area contributed by atoms with Crippen LogP contribution in [0, 0.1) is 6.92 Å². The molecular weight excluding hydrogens is 210 g/mol. The summed E-state index contributed by atoms with van der Waals surface area (Å²) in [6, 6.07) is 0.0741. The third kappa shape index (κ3) is 1.78. The number of rotatable bonds is 3. The smallest absolute Gasteiger partial charge is 0.131 e. The van der Waals surface area contributed by atoms with Crippen molar-refractivity contribution >= 4 is 11.5 Å². The normalized spacial score (nSPS) is 13.0. The first-order valence-electron chi connectivity index (χ1n) is 4.67. The average Bonchev–Trinajstić information content (AvgIpc) is 2.80. The molecule has 2 aromatic heterocycles. The molecule has 0 amide bonds. The van der Waals surface area contributed by atoms with Gasteiger partial charge < -0.3 is 9.88 Å². The third-order valence-electron chi connectivity index (χ3n) is 2.35. The van der Waals surface area contributed by atoms with Crippen LogP contribution in [-0.2, 0) is 7.05 Å². The SMILES string of the molecule is CNC(c1snnc1C)c1nccn1C. The van der Waals surface area contributed by atoms with E-state index in [1.165, 1.54) is 11.5 Å². The zero-order valence-corrected chi connectivity index (χ0v) is 9.75. The maximum atomic E-state index is 4.34. The van der Waals surface area contributed by atoms with Gasteiger partial charge in [0.05, 0.1) is 10.6 Å². The van der Waals surface area contributed by atoms with Crippen LogP contribution in [-0.4, -0.2) is 26.2 Å². The van der Waals surface area contributed by atoms with E-state index in [4.69, 9.17) is 0 Å². The first-order valence-corrected chi connectivity index (χ1v) is 5.44. The molecule has 5 nitrogen and oxygen atoms in total. The molecule has 0 aliphatic rings. The Kier molecular flexibility index (Phi) is 2.79. The topological polar surface area (TPSA) is 55.6 Å². The molecule has 15 heavy (non-hydrogen) atoms. The van der Waals surface area contributed by atoms with Gasteiger partial charge in [-0.3, -0.25) is 0 Å². The molecule has 0 saturated heterocycles. The Morgan fingerprint density at radius 2 is 2.33 bits per heavy atom. The molecule has 1 atom stereocenters. The van der Waals surface area contributed by atoms with Crippen LogP contribution in [0.4, 0.5) is 0 Å². The highest BCUT2D eigenvalue weighted by molar-refractivity contribution is 7.05. The summed E-state index contributed by atoms with van der Waals surface area (Å²) in [6.45, 7) is 1.96. The molecular formula is C9H13N5S. The molecule has 1 unspecified atom stereocenters. The van der Waals surface area contributed by atoms with Crippen LogP contribution >= 0.6 is 11.5 Å². The van der Waals surface area contributed by atoms with E-state index in [-0.39, 0.29) is 6.04 Å². The lowest BCUT2D eigenvalue weighted by atomic mass is 10.2. The standard InChI is InChI=1S/C9H13N5S/c1-6-8(15-13-12-6)7(10-2)9-11-4-5-14(9)3/h4-5,7,10H,1-3H3. The van der Waals surface area contributed by atoms with Gasteiger partial charge in [0.15, 0.2) is 0 Å². The number of nitrogens with one attached hydrogen (secondary N) is 1. The van der Waals surface area contributed by atoms with Crippen LogP contribution in [0.15, 0.2) is 12.4 Å². The minimum absolute atomic E-state index is 0.0741. The second kappa shape index (κ2) is 4.08. The molecule has 0 fully saturated rings. The van der Waals surface area contributed by atoms with Crippen molar-refractivity contribution in [3.8, 4) is 0 Å². The van der Waals surface area contributed by atoms with Crippen molar-refractivity contribution in [2.45, 2.75) is 13.0 Å². The van der Waals surface area contributed by atoms with Gasteiger partial charge in [0, 0.05) is 19.4 Å². The van der Waals surface area contributed by atoms with Crippen LogP contribution in [0.2, 0.25) is 0 Å². The fourth-order valence-electron chi connectivity index (χ4n) is 1.54. The van der Waals surface area contributed by atoms with E-state index in [1.54, 1.807) is 6.20 Å². The van der Waals surface area contributed by atoms with Crippen LogP contribution in [0.3, 0.4) is 0 Å². The monoisotopic (exact) mass is 223 g/mol. The number of nitrogens with zero attached hydrogens (tertiary/aromatic N) is 4. The highest BCUT2D eigenvalue weighted by Crippen LogP contribution is 2.24. The second-order valence-corrected chi connectivity index (χ2v) is 4.13. The molecule has 0 bridgehead atoms. The fraction of sp³-hybridized carbons (Fsp3) is 0.444. The van der Waals surface area contributed by atoms with Crippen molar-refractivity contribution in [1.82, 2.24) is 24.5 Å². The third-order valence-corrected chi connectivity index (χ3v) is 3.25. The summed E-state index contributed by atoms with van der Waals surface area (Å²) in [7, 11) is 3.90. The van der Waals surface area contributed by atoms with Crippen LogP contribution in [0.5, 0.6) is 0 Å². The Bertz CT molecular complexity index is 407. The lowest BCUT2D eigenvalue weighted by Gasteiger charge is -2.13. The van der Waals surface area contributed by atoms with Gasteiger partial charge in [-0.25, -0.2) is 4.98 Å². The molecule has 2 heterocycles. The number of hydrogen-bond donors (Lipinski definition) is 1. The molecule has 2 rings (SSSR count). The molecule has 0 aromatic carbocycles. The first kappa shape index (κ1) is 10.3. The van der Waals surface area contributed by atoms with Gasteiger partial charge in [-0.1, -0.05) is 4.49 Å². The summed E-state index contributed by atoms with van der Waals surface area (Å²) in [5, 5.41) is 7.25. The molecule has 0 aliphatic heterocycles. The van der Waals surface area contributed by atoms with Crippen molar-refractivity contribution < 1.29 is 0 Å². The predicted molar refractivity (Wildman–Crippen MR) is 58.8 cm³/mol. The number of imidazole rings is 1. The first-order chi connectivity index (χ1) is 7.24. The number of aromatic nitrogens is 4. The van der Waals surface area contributed by atoms with Crippen molar-refractivity contribution in [2.24, 2.45) is 7.05 Å². The Labute approximate surface area is 92.3 Å². The Morgan fingerprint density at radius 1 is 1.53 bits per heavy atom. The zero-order valence-electron chi connectivity index (χ0n) is 8.93. The summed E-state index contributed by atoms with van der Waals surface area (Å²) in [5.41, 5.74) is 0.961. The summed E-state index contributed by atoms with van der Waals surface area (Å²) in [4.78, 5) is 5.45. The van der Waals surface area contributed by atoms with Gasteiger partial charge in [-0.15, -0.1) is 5.10 Å². The van der Waals surface area contributed by atoms with E-state index in [2.05, 4.69) is 19.9 Å². The van der Waals surface area contributed by atoms with Crippen molar-refractivity contribution in [3.63, 3.8) is 0 Å². The summed E-state index contributed by atoms with van der Waals surface area (Å²) in [6.07, 6.45) is 3.73. The lowest BCUT2D eigenvalue weighted by Crippen LogP contribution is -2.21. The Morgan fingerprint density at radius 3 is 2.80 bits per heavy atom. The van der Waals surface area contributed by atoms with Gasteiger partial charge >= 0.3 is 0 Å². The van der Waals surface area contributed by atoms with E-state index in [1.807, 2.05) is 31.8 Å². The minimum Gasteiger partial charge on any atom is -0.336 e. The fourth-order valence-corrected chi connectivity index (χ4v) is 2.29. The van der Waals surface area contributed by atoms with Gasteiger partial charge in [-0.05, 0) is 25.5 Å². The van der Waals surface area contributed by atoms with Crippen LogP contribution < -0.4 is 5.32 Å². The molecule has 0 aliphatic carbocycles. The van der Waals surface area contributed by atoms with Crippen molar-refractivity contribution in [3.05, 3.63) is 28.8 Å². The van der Waals surface area contributed by atoms with E-state index in [9.17, 15) is 0 Å². The predicted octanol–water partition coefficient (Wildman–Crippen LogP) is 0.889. The molecule has 0 saturated carbocycles. The molecule has 0 spiro atoms. The molecule has 80 valence electrons. The maximum absolute atomic E-state index is 4.34. The van der Waals surface area contributed by atoms with Crippen molar-refractivity contribution in [2.75, 3.05) is 7.05 Å². The van der Waals surface area contributed by atoms with E-state index < -0.39 is 0 Å². The summed E-state index contributed by atoms with van der Waals surface area (Å²) < 4.78 is 5.95. The maximum Gasteiger partial charge on any atom is 0.131 e. The van der Waals surface area contributed by atoms with Crippen LogP contribution in [0.1, 0.15) is 22.4 Å². The van der Waals surface area contributed by atoms with Crippen LogP contribution in [0.25, 0.3) is 0 Å². The van der Waals surface area contributed by atoms with Gasteiger partial charge in [0.1, 0.15) is 11.9 Å². The quantitative estimate of drug-likeness (QED) is 0.839. The van der Waals surface area contributed by atoms with Gasteiger partial charge in [0.25, 0.3) is 0 Å². The van der Waals surface area contributed by atoms with Gasteiger partial charge in [0.2, 0.25) is 0 Å². The van der Waals surface area contributed by atoms with E-state index >= 15 is 0 Å². The zero-order chi connectivity index (χ0) is 10.8. The molecule has 2 aromatic rings. The largest absolute Gasteiger partial charge is 0.336 e. The number of aryl methyl sites for hydroxylation is 2. The molecule has 6 heteroatoms. The average molecular weight is 223 g/mol. The summed E-state index contributed by atoms with van der Waals surface area (Å²) in [5.74, 6) is 0.978. The Hall–Kier alpha value is -1.27. The Balaban J connectivity index is 2.41. The van der Waals surface area contributed by atoms with E-state index in [0.29, 0.717) is 0 Å². The molecule has 1 N–H and O–H groups in total. The highest BCUT2D eigenvalue weighted by Gasteiger charge is 2.20. The minimum atomic E-state index is 0.0741. The molecule has 0 radical (unpaired) electrons.